The van der Waals surface area contributed by atoms with Gasteiger partial charge in [-0.25, -0.2) is 0 Å². The van der Waals surface area contributed by atoms with Gasteiger partial charge in [0.2, 0.25) is 5.88 Å². The standard InChI is InChI=1S/C12H17N3O2/c13-11-10-5-4-8-2-1-3-9(8)15(10)14-12(11)17-7-6-16/h5,14,16H,1-4,6-7,13H2. The smallest absolute Gasteiger partial charge is 0.232 e. The maximum atomic E-state index is 8.77. The zero-order chi connectivity index (χ0) is 11.8. The largest absolute Gasteiger partial charge is 0.474 e. The van der Waals surface area contributed by atoms with E-state index in [1.165, 1.54) is 24.1 Å². The highest BCUT2D eigenvalue weighted by Crippen LogP contribution is 2.39. The van der Waals surface area contributed by atoms with Crippen LogP contribution in [0.5, 0.6) is 0 Å². The summed E-state index contributed by atoms with van der Waals surface area (Å²) in [6, 6.07) is 0. The first-order valence-corrected chi connectivity index (χ1v) is 6.03. The normalized spacial score (nSPS) is 22.4. The molecule has 0 radical (unpaired) electrons. The van der Waals surface area contributed by atoms with E-state index in [1.807, 2.05) is 5.01 Å². The van der Waals surface area contributed by atoms with Gasteiger partial charge in [-0.1, -0.05) is 6.08 Å². The Balaban J connectivity index is 1.83. The highest BCUT2D eigenvalue weighted by molar-refractivity contribution is 5.42. The number of hydrogen-bond donors (Lipinski definition) is 3. The van der Waals surface area contributed by atoms with Crippen LogP contribution >= 0.6 is 0 Å². The Hall–Kier alpha value is -1.62. The molecule has 0 saturated carbocycles. The van der Waals surface area contributed by atoms with E-state index in [0.29, 0.717) is 11.6 Å². The second kappa shape index (κ2) is 4.00. The Morgan fingerprint density at radius 1 is 1.47 bits per heavy atom. The molecule has 0 aromatic carbocycles. The number of ether oxygens (including phenoxy) is 1. The summed E-state index contributed by atoms with van der Waals surface area (Å²) < 4.78 is 5.39. The summed E-state index contributed by atoms with van der Waals surface area (Å²) >= 11 is 0. The first-order valence-electron chi connectivity index (χ1n) is 6.03. The van der Waals surface area contributed by atoms with E-state index in [0.717, 1.165) is 18.5 Å². The van der Waals surface area contributed by atoms with E-state index in [4.69, 9.17) is 15.6 Å². The van der Waals surface area contributed by atoms with E-state index in [1.54, 1.807) is 0 Å². The minimum atomic E-state index is -0.00848. The summed E-state index contributed by atoms with van der Waals surface area (Å²) in [7, 11) is 0. The topological polar surface area (TPSA) is 70.8 Å². The van der Waals surface area contributed by atoms with E-state index >= 15 is 0 Å². The van der Waals surface area contributed by atoms with Crippen molar-refractivity contribution in [1.29, 1.82) is 0 Å². The summed E-state index contributed by atoms with van der Waals surface area (Å²) in [4.78, 5) is 0. The Kier molecular flexibility index (Phi) is 2.48. The average Bonchev–Trinajstić information content (AvgIpc) is 2.91. The molecular formula is C12H17N3O2. The van der Waals surface area contributed by atoms with Crippen molar-refractivity contribution in [2.24, 2.45) is 5.73 Å². The average molecular weight is 235 g/mol. The van der Waals surface area contributed by atoms with Gasteiger partial charge in [-0.2, -0.15) is 0 Å². The van der Waals surface area contributed by atoms with Gasteiger partial charge in [0.05, 0.1) is 12.3 Å². The number of hydrazine groups is 1. The molecule has 0 amide bonds. The number of rotatable bonds is 3. The van der Waals surface area contributed by atoms with Gasteiger partial charge in [-0.3, -0.25) is 10.4 Å². The molecule has 3 rings (SSSR count). The van der Waals surface area contributed by atoms with Crippen LogP contribution in [0.4, 0.5) is 0 Å². The van der Waals surface area contributed by atoms with Crippen LogP contribution in [0.2, 0.25) is 0 Å². The van der Waals surface area contributed by atoms with Crippen molar-refractivity contribution in [3.8, 4) is 0 Å². The molecule has 4 N–H and O–H groups in total. The molecule has 5 heteroatoms. The number of nitrogens with one attached hydrogen (secondary N) is 1. The molecule has 0 atom stereocenters. The molecule has 3 aliphatic rings. The molecule has 2 aliphatic heterocycles. The molecular weight excluding hydrogens is 218 g/mol. The third-order valence-corrected chi connectivity index (χ3v) is 3.42. The van der Waals surface area contributed by atoms with Crippen molar-refractivity contribution in [2.75, 3.05) is 13.2 Å². The SMILES string of the molecule is NC1=C(OCCO)NN2C1=CCC1=C2CCC1. The minimum absolute atomic E-state index is 0.00848. The Labute approximate surface area is 100 Å². The number of aliphatic hydroxyl groups is 1. The van der Waals surface area contributed by atoms with Gasteiger partial charge < -0.3 is 15.6 Å². The second-order valence-corrected chi connectivity index (χ2v) is 4.46. The van der Waals surface area contributed by atoms with Crippen LogP contribution < -0.4 is 11.2 Å². The highest BCUT2D eigenvalue weighted by atomic mass is 16.5. The van der Waals surface area contributed by atoms with Crippen LogP contribution in [0.25, 0.3) is 0 Å². The van der Waals surface area contributed by atoms with E-state index in [-0.39, 0.29) is 13.2 Å². The third-order valence-electron chi connectivity index (χ3n) is 3.42. The quantitative estimate of drug-likeness (QED) is 0.670. The molecule has 0 saturated heterocycles. The molecule has 17 heavy (non-hydrogen) atoms. The maximum absolute atomic E-state index is 8.77. The molecule has 0 spiro atoms. The Morgan fingerprint density at radius 2 is 2.35 bits per heavy atom. The fraction of sp³-hybridized carbons (Fsp3) is 0.500. The molecule has 0 fully saturated rings. The monoisotopic (exact) mass is 235 g/mol. The van der Waals surface area contributed by atoms with Crippen molar-refractivity contribution in [3.05, 3.63) is 34.6 Å². The van der Waals surface area contributed by atoms with E-state index < -0.39 is 0 Å². The predicted octanol–water partition coefficient (Wildman–Crippen LogP) is 0.669. The number of aliphatic hydroxyl groups excluding tert-OH is 1. The highest BCUT2D eigenvalue weighted by Gasteiger charge is 2.33. The van der Waals surface area contributed by atoms with Gasteiger partial charge in [-0.05, 0) is 31.3 Å². The van der Waals surface area contributed by atoms with Gasteiger partial charge in [-0.15, -0.1) is 0 Å². The zero-order valence-electron chi connectivity index (χ0n) is 9.70. The van der Waals surface area contributed by atoms with Crippen molar-refractivity contribution in [2.45, 2.75) is 25.7 Å². The van der Waals surface area contributed by atoms with Crippen LogP contribution in [0.1, 0.15) is 25.7 Å². The summed E-state index contributed by atoms with van der Waals surface area (Å²) in [6.45, 7) is 0.252. The third kappa shape index (κ3) is 1.58. The fourth-order valence-corrected chi connectivity index (χ4v) is 2.63. The van der Waals surface area contributed by atoms with Crippen molar-refractivity contribution < 1.29 is 9.84 Å². The van der Waals surface area contributed by atoms with E-state index in [9.17, 15) is 0 Å². The van der Waals surface area contributed by atoms with Crippen LogP contribution in [0.3, 0.4) is 0 Å². The summed E-state index contributed by atoms with van der Waals surface area (Å²) in [5.74, 6) is 0.561. The lowest BCUT2D eigenvalue weighted by molar-refractivity contribution is 0.118. The van der Waals surface area contributed by atoms with Crippen molar-refractivity contribution in [1.82, 2.24) is 10.4 Å². The molecule has 0 aromatic heterocycles. The summed E-state index contributed by atoms with van der Waals surface area (Å²) in [5.41, 5.74) is 13.7. The number of allylic oxidation sites excluding steroid dienone is 3. The first kappa shape index (κ1) is 10.5. The van der Waals surface area contributed by atoms with E-state index in [2.05, 4.69) is 11.5 Å². The molecule has 2 heterocycles. The van der Waals surface area contributed by atoms with Gasteiger partial charge >= 0.3 is 0 Å². The van der Waals surface area contributed by atoms with Crippen LogP contribution in [-0.4, -0.2) is 23.3 Å². The lowest BCUT2D eigenvalue weighted by atomic mass is 10.1. The lowest BCUT2D eigenvalue weighted by Crippen LogP contribution is -2.32. The summed E-state index contributed by atoms with van der Waals surface area (Å²) in [5, 5.41) is 10.8. The number of hydrogen-bond acceptors (Lipinski definition) is 5. The molecule has 5 nitrogen and oxygen atoms in total. The molecule has 0 bridgehead atoms. The van der Waals surface area contributed by atoms with Gasteiger partial charge in [0, 0.05) is 5.70 Å². The minimum Gasteiger partial charge on any atom is -0.474 e. The van der Waals surface area contributed by atoms with Gasteiger partial charge in [0.25, 0.3) is 0 Å². The van der Waals surface area contributed by atoms with Gasteiger partial charge in [0.15, 0.2) is 0 Å². The van der Waals surface area contributed by atoms with Crippen molar-refractivity contribution in [3.63, 3.8) is 0 Å². The number of nitrogens with zero attached hydrogens (tertiary/aromatic N) is 1. The molecule has 0 unspecified atom stereocenters. The van der Waals surface area contributed by atoms with Crippen LogP contribution in [0, 0.1) is 0 Å². The fourth-order valence-electron chi connectivity index (χ4n) is 2.63. The zero-order valence-corrected chi connectivity index (χ0v) is 9.70. The lowest BCUT2D eigenvalue weighted by Gasteiger charge is -2.27. The second-order valence-electron chi connectivity index (χ2n) is 4.46. The predicted molar refractivity (Wildman–Crippen MR) is 62.8 cm³/mol. The summed E-state index contributed by atoms with van der Waals surface area (Å²) in [6.07, 6.45) is 6.64. The molecule has 0 aromatic rings. The van der Waals surface area contributed by atoms with Crippen molar-refractivity contribution >= 4 is 0 Å². The molecule has 92 valence electrons. The van der Waals surface area contributed by atoms with Crippen LogP contribution in [-0.2, 0) is 4.74 Å². The van der Waals surface area contributed by atoms with Gasteiger partial charge in [0.1, 0.15) is 12.3 Å². The maximum Gasteiger partial charge on any atom is 0.232 e. The number of fused-ring (bicyclic) bond motifs is 2. The molecule has 1 aliphatic carbocycles. The Bertz CT molecular complexity index is 437. The number of nitrogens with two attached hydrogens (primary N) is 1. The van der Waals surface area contributed by atoms with Crippen LogP contribution in [0.15, 0.2) is 34.6 Å². The first-order chi connectivity index (χ1) is 8.31. The Morgan fingerprint density at radius 3 is 3.18 bits per heavy atom.